The van der Waals surface area contributed by atoms with Crippen molar-refractivity contribution in [2.24, 2.45) is 11.3 Å². The van der Waals surface area contributed by atoms with Gasteiger partial charge in [-0.25, -0.2) is 4.79 Å². The summed E-state index contributed by atoms with van der Waals surface area (Å²) in [5.41, 5.74) is 0.201. The van der Waals surface area contributed by atoms with Crippen molar-refractivity contribution >= 4 is 11.9 Å². The van der Waals surface area contributed by atoms with Crippen molar-refractivity contribution < 1.29 is 19.1 Å². The first-order chi connectivity index (χ1) is 8.89. The maximum absolute atomic E-state index is 12.0. The molecule has 0 amide bonds. The summed E-state index contributed by atoms with van der Waals surface area (Å²) < 4.78 is 10.4. The lowest BCUT2D eigenvalue weighted by Gasteiger charge is -2.37. The minimum atomic E-state index is -0.730. The van der Waals surface area contributed by atoms with E-state index in [9.17, 15) is 9.59 Å². The summed E-state index contributed by atoms with van der Waals surface area (Å²) in [6, 6.07) is 0. The van der Waals surface area contributed by atoms with Crippen LogP contribution in [0.25, 0.3) is 0 Å². The van der Waals surface area contributed by atoms with Crippen molar-refractivity contribution in [2.75, 3.05) is 6.61 Å². The first-order valence-corrected chi connectivity index (χ1v) is 7.25. The molecule has 1 aliphatic carbocycles. The monoisotopic (exact) mass is 270 g/mol. The first-order valence-electron chi connectivity index (χ1n) is 7.25. The average molecular weight is 270 g/mol. The van der Waals surface area contributed by atoms with E-state index in [1.165, 1.54) is 0 Å². The van der Waals surface area contributed by atoms with Crippen molar-refractivity contribution in [3.8, 4) is 0 Å². The maximum Gasteiger partial charge on any atom is 0.347 e. The van der Waals surface area contributed by atoms with Gasteiger partial charge in [0, 0.05) is 12.3 Å². The molecule has 0 aromatic carbocycles. The zero-order chi connectivity index (χ0) is 14.5. The van der Waals surface area contributed by atoms with Gasteiger partial charge >= 0.3 is 11.9 Å². The van der Waals surface area contributed by atoms with Crippen molar-refractivity contribution in [3.63, 3.8) is 0 Å². The number of rotatable bonds is 5. The first kappa shape index (κ1) is 16.0. The summed E-state index contributed by atoms with van der Waals surface area (Å²) in [4.78, 5) is 23.5. The molecule has 0 aromatic heterocycles. The molecule has 0 bridgehead atoms. The SMILES string of the molecule is CCOC(=O)C(OC(=O)CC)C1CCCC(C)(C)C1. The van der Waals surface area contributed by atoms with E-state index in [1.54, 1.807) is 13.8 Å². The van der Waals surface area contributed by atoms with Gasteiger partial charge in [-0.15, -0.1) is 0 Å². The van der Waals surface area contributed by atoms with E-state index in [0.29, 0.717) is 6.61 Å². The zero-order valence-electron chi connectivity index (χ0n) is 12.5. The summed E-state index contributed by atoms with van der Waals surface area (Å²) in [5.74, 6) is -0.647. The molecular formula is C15H26O4. The third kappa shape index (κ3) is 4.84. The van der Waals surface area contributed by atoms with Crippen molar-refractivity contribution in [3.05, 3.63) is 0 Å². The largest absolute Gasteiger partial charge is 0.463 e. The normalized spacial score (nSPS) is 23.5. The fourth-order valence-electron chi connectivity index (χ4n) is 2.80. The van der Waals surface area contributed by atoms with Crippen LogP contribution in [0, 0.1) is 11.3 Å². The molecule has 2 atom stereocenters. The third-order valence-electron chi connectivity index (χ3n) is 3.74. The van der Waals surface area contributed by atoms with Gasteiger partial charge in [-0.05, 0) is 31.6 Å². The number of carbonyl (C=O) groups is 2. The van der Waals surface area contributed by atoms with E-state index < -0.39 is 12.1 Å². The highest BCUT2D eigenvalue weighted by Gasteiger charge is 2.38. The Labute approximate surface area is 115 Å². The molecule has 0 spiro atoms. The highest BCUT2D eigenvalue weighted by molar-refractivity contribution is 5.79. The Morgan fingerprint density at radius 3 is 2.53 bits per heavy atom. The van der Waals surface area contributed by atoms with Gasteiger partial charge in [0.1, 0.15) is 0 Å². The Morgan fingerprint density at radius 2 is 2.00 bits per heavy atom. The van der Waals surface area contributed by atoms with Crippen LogP contribution in [-0.2, 0) is 19.1 Å². The fraction of sp³-hybridized carbons (Fsp3) is 0.867. The van der Waals surface area contributed by atoms with Gasteiger partial charge < -0.3 is 9.47 Å². The van der Waals surface area contributed by atoms with Gasteiger partial charge in [-0.3, -0.25) is 4.79 Å². The molecule has 19 heavy (non-hydrogen) atoms. The molecule has 1 aliphatic rings. The lowest BCUT2D eigenvalue weighted by Crippen LogP contribution is -2.40. The molecule has 110 valence electrons. The summed E-state index contributed by atoms with van der Waals surface area (Å²) >= 11 is 0. The van der Waals surface area contributed by atoms with E-state index in [0.717, 1.165) is 25.7 Å². The molecule has 0 aromatic rings. The molecule has 0 aliphatic heterocycles. The van der Waals surface area contributed by atoms with E-state index in [4.69, 9.17) is 9.47 Å². The van der Waals surface area contributed by atoms with Crippen LogP contribution < -0.4 is 0 Å². The van der Waals surface area contributed by atoms with Crippen LogP contribution in [0.3, 0.4) is 0 Å². The third-order valence-corrected chi connectivity index (χ3v) is 3.74. The zero-order valence-corrected chi connectivity index (χ0v) is 12.5. The predicted octanol–water partition coefficient (Wildman–Crippen LogP) is 3.09. The summed E-state index contributed by atoms with van der Waals surface area (Å²) in [5, 5.41) is 0. The van der Waals surface area contributed by atoms with Crippen LogP contribution >= 0.6 is 0 Å². The summed E-state index contributed by atoms with van der Waals surface area (Å²) in [7, 11) is 0. The molecule has 0 N–H and O–H groups in total. The molecule has 1 rings (SSSR count). The van der Waals surface area contributed by atoms with Gasteiger partial charge in [0.15, 0.2) is 0 Å². The molecule has 0 saturated heterocycles. The molecule has 0 heterocycles. The highest BCUT2D eigenvalue weighted by Crippen LogP contribution is 2.40. The van der Waals surface area contributed by atoms with Gasteiger partial charge in [0.05, 0.1) is 6.61 Å². The number of hydrogen-bond donors (Lipinski definition) is 0. The summed E-state index contributed by atoms with van der Waals surface area (Å²) in [6.07, 6.45) is 3.59. The topological polar surface area (TPSA) is 52.6 Å². The average Bonchev–Trinajstić information content (AvgIpc) is 2.34. The Bertz CT molecular complexity index is 322. The van der Waals surface area contributed by atoms with Gasteiger partial charge in [-0.1, -0.05) is 27.2 Å². The van der Waals surface area contributed by atoms with Gasteiger partial charge in [0.25, 0.3) is 0 Å². The minimum absolute atomic E-state index is 0.0818. The molecule has 4 nitrogen and oxygen atoms in total. The Morgan fingerprint density at radius 1 is 1.32 bits per heavy atom. The van der Waals surface area contributed by atoms with Crippen LogP contribution in [0.2, 0.25) is 0 Å². The Kier molecular flexibility index (Phi) is 5.83. The van der Waals surface area contributed by atoms with Crippen LogP contribution in [0.1, 0.15) is 59.8 Å². The Balaban J connectivity index is 2.76. The summed E-state index contributed by atoms with van der Waals surface area (Å²) in [6.45, 7) is 8.21. The van der Waals surface area contributed by atoms with Crippen LogP contribution in [0.5, 0.6) is 0 Å². The van der Waals surface area contributed by atoms with Gasteiger partial charge in [0.2, 0.25) is 6.10 Å². The molecule has 1 fully saturated rings. The van der Waals surface area contributed by atoms with E-state index in [2.05, 4.69) is 13.8 Å². The quantitative estimate of drug-likeness (QED) is 0.720. The highest BCUT2D eigenvalue weighted by atomic mass is 16.6. The van der Waals surface area contributed by atoms with Crippen LogP contribution in [-0.4, -0.2) is 24.6 Å². The van der Waals surface area contributed by atoms with E-state index >= 15 is 0 Å². The second-order valence-electron chi connectivity index (χ2n) is 6.04. The second-order valence-corrected chi connectivity index (χ2v) is 6.04. The molecule has 0 radical (unpaired) electrons. The fourth-order valence-corrected chi connectivity index (χ4v) is 2.80. The second kappa shape index (κ2) is 6.92. The number of carbonyl (C=O) groups excluding carboxylic acids is 2. The Hall–Kier alpha value is -1.06. The molecular weight excluding hydrogens is 244 g/mol. The van der Waals surface area contributed by atoms with Crippen molar-refractivity contribution in [1.29, 1.82) is 0 Å². The van der Waals surface area contributed by atoms with Crippen molar-refractivity contribution in [1.82, 2.24) is 0 Å². The predicted molar refractivity (Wildman–Crippen MR) is 72.5 cm³/mol. The number of hydrogen-bond acceptors (Lipinski definition) is 4. The van der Waals surface area contributed by atoms with E-state index in [1.807, 2.05) is 0 Å². The number of esters is 2. The molecule has 1 saturated carbocycles. The van der Waals surface area contributed by atoms with E-state index in [-0.39, 0.29) is 23.7 Å². The van der Waals surface area contributed by atoms with Crippen LogP contribution in [0.15, 0.2) is 0 Å². The molecule has 4 heteroatoms. The standard InChI is InChI=1S/C15H26O4/c1-5-12(16)19-13(14(17)18-6-2)11-8-7-9-15(3,4)10-11/h11,13H,5-10H2,1-4H3. The van der Waals surface area contributed by atoms with Crippen LogP contribution in [0.4, 0.5) is 0 Å². The lowest BCUT2D eigenvalue weighted by molar-refractivity contribution is -0.173. The van der Waals surface area contributed by atoms with Gasteiger partial charge in [-0.2, -0.15) is 0 Å². The smallest absolute Gasteiger partial charge is 0.347 e. The van der Waals surface area contributed by atoms with Crippen molar-refractivity contribution in [2.45, 2.75) is 65.9 Å². The number of ether oxygens (including phenoxy) is 2. The molecule has 2 unspecified atom stereocenters. The minimum Gasteiger partial charge on any atom is -0.463 e. The lowest BCUT2D eigenvalue weighted by atomic mass is 9.70. The maximum atomic E-state index is 12.0.